The molecule has 2 rings (SSSR count). The molecule has 1 aliphatic heterocycles. The summed E-state index contributed by atoms with van der Waals surface area (Å²) in [5.74, 6) is 0.0110. The van der Waals surface area contributed by atoms with Gasteiger partial charge in [0.25, 0.3) is 0 Å². The Morgan fingerprint density at radius 2 is 2.00 bits per heavy atom. The Hall–Kier alpha value is -1.15. The lowest BCUT2D eigenvalue weighted by Gasteiger charge is -2.26. The number of anilines is 1. The number of carbonyl (C=O) groups excluding carboxylic acids is 1. The van der Waals surface area contributed by atoms with Crippen LogP contribution < -0.4 is 5.32 Å². The second-order valence-corrected chi connectivity index (χ2v) is 8.15. The molecule has 0 spiro atoms. The van der Waals surface area contributed by atoms with E-state index in [1.165, 1.54) is 22.5 Å². The van der Waals surface area contributed by atoms with Gasteiger partial charge < -0.3 is 10.1 Å². The predicted octanol–water partition coefficient (Wildman–Crippen LogP) is 2.35. The molecule has 1 amide bonds. The molecule has 6 nitrogen and oxygen atoms in total. The maximum atomic E-state index is 12.6. The lowest BCUT2D eigenvalue weighted by Crippen LogP contribution is -2.40. The van der Waals surface area contributed by atoms with E-state index in [1.807, 2.05) is 13.8 Å². The summed E-state index contributed by atoms with van der Waals surface area (Å²) in [6.07, 6.45) is 0.344. The summed E-state index contributed by atoms with van der Waals surface area (Å²) in [7, 11) is -3.62. The third kappa shape index (κ3) is 4.67. The third-order valence-electron chi connectivity index (χ3n) is 3.41. The molecule has 1 heterocycles. The molecule has 0 aromatic heterocycles. The first-order valence-corrected chi connectivity index (χ1v) is 9.30. The molecule has 1 N–H and O–H groups in total. The van der Waals surface area contributed by atoms with E-state index >= 15 is 0 Å². The lowest BCUT2D eigenvalue weighted by atomic mass is 10.1. The number of ether oxygens (including phenoxy) is 1. The molecule has 23 heavy (non-hydrogen) atoms. The van der Waals surface area contributed by atoms with E-state index in [9.17, 15) is 13.2 Å². The maximum absolute atomic E-state index is 12.6. The largest absolute Gasteiger partial charge is 0.379 e. The fourth-order valence-corrected chi connectivity index (χ4v) is 3.87. The van der Waals surface area contributed by atoms with Gasteiger partial charge in [0.15, 0.2) is 0 Å². The SMILES string of the molecule is CC(C)CC(=O)Nc1cc(S(=O)(=O)N2CCOCC2)ccc1Cl. The number of nitrogens with one attached hydrogen (secondary N) is 1. The van der Waals surface area contributed by atoms with Gasteiger partial charge in [0.2, 0.25) is 15.9 Å². The summed E-state index contributed by atoms with van der Waals surface area (Å²) in [5, 5.41) is 2.99. The van der Waals surface area contributed by atoms with Gasteiger partial charge in [-0.05, 0) is 24.1 Å². The molecule has 8 heteroatoms. The van der Waals surface area contributed by atoms with Crippen LogP contribution in [0.4, 0.5) is 5.69 Å². The molecule has 1 fully saturated rings. The van der Waals surface area contributed by atoms with Gasteiger partial charge in [-0.25, -0.2) is 8.42 Å². The van der Waals surface area contributed by atoms with Crippen LogP contribution >= 0.6 is 11.6 Å². The highest BCUT2D eigenvalue weighted by molar-refractivity contribution is 7.89. The van der Waals surface area contributed by atoms with Crippen molar-refractivity contribution in [1.29, 1.82) is 0 Å². The first-order valence-electron chi connectivity index (χ1n) is 7.48. The number of halogens is 1. The quantitative estimate of drug-likeness (QED) is 0.874. The zero-order valence-corrected chi connectivity index (χ0v) is 14.8. The van der Waals surface area contributed by atoms with Crippen LogP contribution in [0, 0.1) is 5.92 Å². The molecule has 0 saturated carbocycles. The van der Waals surface area contributed by atoms with Crippen molar-refractivity contribution in [2.45, 2.75) is 25.2 Å². The van der Waals surface area contributed by atoms with E-state index in [0.29, 0.717) is 43.4 Å². The second-order valence-electron chi connectivity index (χ2n) is 5.80. The van der Waals surface area contributed by atoms with Crippen LogP contribution in [0.15, 0.2) is 23.1 Å². The highest BCUT2D eigenvalue weighted by Gasteiger charge is 2.27. The fourth-order valence-electron chi connectivity index (χ4n) is 2.27. The standard InChI is InChI=1S/C15H21ClN2O4S/c1-11(2)9-15(19)17-14-10-12(3-4-13(14)16)23(20,21)18-5-7-22-8-6-18/h3-4,10-11H,5-9H2,1-2H3,(H,17,19). The Bertz CT molecular complexity index is 670. The molecule has 0 atom stereocenters. The summed E-state index contributed by atoms with van der Waals surface area (Å²) in [4.78, 5) is 12.0. The Kier molecular flexibility index (Phi) is 6.02. The molecule has 1 aromatic rings. The normalized spacial score (nSPS) is 16.5. The number of rotatable bonds is 5. The Morgan fingerprint density at radius 3 is 2.61 bits per heavy atom. The number of morpholine rings is 1. The Balaban J connectivity index is 2.23. The molecule has 0 radical (unpaired) electrons. The molecule has 1 aromatic carbocycles. The van der Waals surface area contributed by atoms with Gasteiger partial charge in [-0.3, -0.25) is 4.79 Å². The summed E-state index contributed by atoms with van der Waals surface area (Å²) >= 11 is 6.07. The minimum absolute atomic E-state index is 0.114. The van der Waals surface area contributed by atoms with E-state index < -0.39 is 10.0 Å². The average Bonchev–Trinajstić information content (AvgIpc) is 2.49. The number of hydrogen-bond acceptors (Lipinski definition) is 4. The molecule has 0 unspecified atom stereocenters. The maximum Gasteiger partial charge on any atom is 0.243 e. The highest BCUT2D eigenvalue weighted by atomic mass is 35.5. The number of nitrogens with zero attached hydrogens (tertiary/aromatic N) is 1. The summed E-state index contributed by atoms with van der Waals surface area (Å²) < 4.78 is 31.8. The average molecular weight is 361 g/mol. The van der Waals surface area contributed by atoms with Gasteiger partial charge in [-0.1, -0.05) is 25.4 Å². The molecule has 0 aliphatic carbocycles. The molecular weight excluding hydrogens is 340 g/mol. The number of sulfonamides is 1. The zero-order valence-electron chi connectivity index (χ0n) is 13.2. The van der Waals surface area contributed by atoms with Crippen molar-refractivity contribution < 1.29 is 17.9 Å². The molecule has 0 bridgehead atoms. The van der Waals surface area contributed by atoms with E-state index in [4.69, 9.17) is 16.3 Å². The van der Waals surface area contributed by atoms with Crippen LogP contribution in [0.3, 0.4) is 0 Å². The van der Waals surface area contributed by atoms with Crippen LogP contribution in [-0.4, -0.2) is 44.9 Å². The van der Waals surface area contributed by atoms with Crippen molar-refractivity contribution in [3.63, 3.8) is 0 Å². The molecule has 1 saturated heterocycles. The summed E-state index contributed by atoms with van der Waals surface area (Å²) in [5.41, 5.74) is 0.312. The van der Waals surface area contributed by atoms with Gasteiger partial charge in [-0.2, -0.15) is 4.31 Å². The zero-order chi connectivity index (χ0) is 17.0. The first kappa shape index (κ1) is 18.2. The minimum atomic E-state index is -3.62. The van der Waals surface area contributed by atoms with Crippen LogP contribution in [-0.2, 0) is 19.6 Å². The lowest BCUT2D eigenvalue weighted by molar-refractivity contribution is -0.116. The van der Waals surface area contributed by atoms with Gasteiger partial charge in [-0.15, -0.1) is 0 Å². The van der Waals surface area contributed by atoms with Crippen LogP contribution in [0.5, 0.6) is 0 Å². The van der Waals surface area contributed by atoms with E-state index in [1.54, 1.807) is 0 Å². The van der Waals surface area contributed by atoms with Gasteiger partial charge in [0, 0.05) is 19.5 Å². The second kappa shape index (κ2) is 7.61. The predicted molar refractivity (Wildman–Crippen MR) is 89.1 cm³/mol. The van der Waals surface area contributed by atoms with Crippen LogP contribution in [0.2, 0.25) is 5.02 Å². The number of hydrogen-bond donors (Lipinski definition) is 1. The van der Waals surface area contributed by atoms with Crippen molar-refractivity contribution in [3.05, 3.63) is 23.2 Å². The topological polar surface area (TPSA) is 75.7 Å². The summed E-state index contributed by atoms with van der Waals surface area (Å²) in [6.45, 7) is 5.26. The number of amides is 1. The van der Waals surface area contributed by atoms with E-state index in [-0.39, 0.29) is 16.7 Å². The number of carbonyl (C=O) groups is 1. The van der Waals surface area contributed by atoms with Crippen LogP contribution in [0.1, 0.15) is 20.3 Å². The third-order valence-corrected chi connectivity index (χ3v) is 5.64. The smallest absolute Gasteiger partial charge is 0.243 e. The van der Waals surface area contributed by atoms with Crippen molar-refractivity contribution in [1.82, 2.24) is 4.31 Å². The van der Waals surface area contributed by atoms with Crippen molar-refractivity contribution in [3.8, 4) is 0 Å². The van der Waals surface area contributed by atoms with Gasteiger partial charge in [0.1, 0.15) is 0 Å². The van der Waals surface area contributed by atoms with Crippen molar-refractivity contribution >= 4 is 33.2 Å². The molecular formula is C15H21ClN2O4S. The Labute approximate surface area is 141 Å². The molecule has 1 aliphatic rings. The molecule has 128 valence electrons. The van der Waals surface area contributed by atoms with E-state index in [2.05, 4.69) is 5.32 Å². The summed E-state index contributed by atoms with van der Waals surface area (Å²) in [6, 6.07) is 4.34. The number of benzene rings is 1. The van der Waals surface area contributed by atoms with Crippen molar-refractivity contribution in [2.24, 2.45) is 5.92 Å². The first-order chi connectivity index (χ1) is 10.8. The fraction of sp³-hybridized carbons (Fsp3) is 0.533. The monoisotopic (exact) mass is 360 g/mol. The van der Waals surface area contributed by atoms with Crippen molar-refractivity contribution in [2.75, 3.05) is 31.6 Å². The van der Waals surface area contributed by atoms with E-state index in [0.717, 1.165) is 0 Å². The van der Waals surface area contributed by atoms with Gasteiger partial charge in [0.05, 0.1) is 28.8 Å². The Morgan fingerprint density at radius 1 is 1.35 bits per heavy atom. The van der Waals surface area contributed by atoms with Crippen LogP contribution in [0.25, 0.3) is 0 Å². The highest BCUT2D eigenvalue weighted by Crippen LogP contribution is 2.27. The van der Waals surface area contributed by atoms with Gasteiger partial charge >= 0.3 is 0 Å². The minimum Gasteiger partial charge on any atom is -0.379 e.